The Hall–Kier alpha value is -3.66. The lowest BCUT2D eigenvalue weighted by Gasteiger charge is -2.28. The molecule has 2 aliphatic rings. The molecule has 0 bridgehead atoms. The van der Waals surface area contributed by atoms with Gasteiger partial charge < -0.3 is 20.0 Å². The Morgan fingerprint density at radius 3 is 2.63 bits per heavy atom. The van der Waals surface area contributed by atoms with Gasteiger partial charge >= 0.3 is 6.18 Å². The summed E-state index contributed by atoms with van der Waals surface area (Å²) >= 11 is 0. The fourth-order valence-corrected chi connectivity index (χ4v) is 4.88. The maximum Gasteiger partial charge on any atom is 0.446 e. The summed E-state index contributed by atoms with van der Waals surface area (Å²) in [6.07, 6.45) is 4.58. The Morgan fingerprint density at radius 1 is 1.24 bits per heavy atom. The quantitative estimate of drug-likeness (QED) is 0.349. The molecule has 7 nitrogen and oxygen atoms in total. The number of rotatable bonds is 4. The van der Waals surface area contributed by atoms with Crippen molar-refractivity contribution in [3.8, 4) is 0 Å². The van der Waals surface area contributed by atoms with E-state index in [4.69, 9.17) is 9.21 Å². The van der Waals surface area contributed by atoms with Gasteiger partial charge in [0.1, 0.15) is 17.2 Å². The summed E-state index contributed by atoms with van der Waals surface area (Å²) in [5.41, 5.74) is 4.21. The summed E-state index contributed by atoms with van der Waals surface area (Å²) < 4.78 is 37.2. The third-order valence-corrected chi connectivity index (χ3v) is 7.05. The molecule has 202 valence electrons. The number of furan rings is 1. The zero-order valence-corrected chi connectivity index (χ0v) is 21.4. The number of carbonyl (C=O) groups excluding carboxylic acids is 2. The molecule has 1 aromatic carbocycles. The van der Waals surface area contributed by atoms with E-state index >= 15 is 0 Å². The van der Waals surface area contributed by atoms with E-state index in [-0.39, 0.29) is 11.4 Å². The molecule has 2 aromatic heterocycles. The van der Waals surface area contributed by atoms with Gasteiger partial charge in [0.05, 0.1) is 6.54 Å². The van der Waals surface area contributed by atoms with Gasteiger partial charge in [-0.05, 0) is 43.5 Å². The number of anilines is 1. The highest BCUT2D eigenvalue weighted by atomic mass is 19.4. The second kappa shape index (κ2) is 11.4. The predicted octanol–water partition coefficient (Wildman–Crippen LogP) is 5.38. The first kappa shape index (κ1) is 27.4. The molecule has 1 amide bonds. The number of para-hydroxylation sites is 1. The number of aldehydes is 1. The van der Waals surface area contributed by atoms with Crippen molar-refractivity contribution in [2.45, 2.75) is 57.4 Å². The van der Waals surface area contributed by atoms with E-state index in [0.717, 1.165) is 52.3 Å². The number of hydrogen-bond acceptors (Lipinski definition) is 6. The molecule has 0 unspecified atom stereocenters. The van der Waals surface area contributed by atoms with Crippen LogP contribution in [-0.4, -0.2) is 47.4 Å². The minimum Gasteiger partial charge on any atom is -0.459 e. The van der Waals surface area contributed by atoms with E-state index in [1.807, 2.05) is 43.5 Å². The molecular weight excluding hydrogens is 497 g/mol. The van der Waals surface area contributed by atoms with Crippen LogP contribution in [0.2, 0.25) is 0 Å². The number of alkyl halides is 3. The van der Waals surface area contributed by atoms with E-state index in [2.05, 4.69) is 21.7 Å². The van der Waals surface area contributed by atoms with Crippen molar-refractivity contribution in [1.82, 2.24) is 15.2 Å². The van der Waals surface area contributed by atoms with Crippen LogP contribution in [0.5, 0.6) is 0 Å². The highest BCUT2D eigenvalue weighted by Crippen LogP contribution is 2.33. The van der Waals surface area contributed by atoms with Gasteiger partial charge in [-0.1, -0.05) is 31.0 Å². The number of likely N-dealkylation sites (N-methyl/N-ethyl adjacent to an activating group) is 1. The third kappa shape index (κ3) is 6.61. The number of hydrogen-bond donors (Lipinski definition) is 2. The number of fused-ring (bicyclic) bond motifs is 2. The minimum atomic E-state index is -4.64. The van der Waals surface area contributed by atoms with Crippen molar-refractivity contribution in [1.29, 1.82) is 0 Å². The Kier molecular flexibility index (Phi) is 8.20. The largest absolute Gasteiger partial charge is 0.459 e. The molecule has 3 heterocycles. The molecule has 0 atom stereocenters. The summed E-state index contributed by atoms with van der Waals surface area (Å²) in [4.78, 5) is 27.7. The lowest BCUT2D eigenvalue weighted by molar-refractivity contribution is -0.156. The summed E-state index contributed by atoms with van der Waals surface area (Å²) in [5.74, 6) is 1.70. The third-order valence-electron chi connectivity index (χ3n) is 7.05. The van der Waals surface area contributed by atoms with Crippen LogP contribution in [0.4, 0.5) is 19.0 Å². The molecule has 1 saturated carbocycles. The SMILES string of the molecule is Cc1c(CN(C)C(=O)/C=C/c2cnc3c(c2)CNC2(CCCC2)CN3)oc2ccccc12.O=CC(F)(F)F. The molecule has 5 rings (SSSR count). The molecule has 3 aromatic rings. The fraction of sp³-hybridized carbons (Fsp3) is 0.393. The van der Waals surface area contributed by atoms with Crippen LogP contribution < -0.4 is 10.6 Å². The highest BCUT2D eigenvalue weighted by molar-refractivity contribution is 5.91. The minimum absolute atomic E-state index is 0.0686. The van der Waals surface area contributed by atoms with Crippen molar-refractivity contribution in [2.24, 2.45) is 0 Å². The number of nitrogens with one attached hydrogen (secondary N) is 2. The maximum absolute atomic E-state index is 12.7. The lowest BCUT2D eigenvalue weighted by Crippen LogP contribution is -2.46. The highest BCUT2D eigenvalue weighted by Gasteiger charge is 2.35. The van der Waals surface area contributed by atoms with Crippen molar-refractivity contribution in [3.05, 3.63) is 65.1 Å². The first-order valence-corrected chi connectivity index (χ1v) is 12.5. The van der Waals surface area contributed by atoms with E-state index < -0.39 is 12.5 Å². The Balaban J connectivity index is 0.000000505. The Morgan fingerprint density at radius 2 is 1.95 bits per heavy atom. The van der Waals surface area contributed by atoms with Gasteiger partial charge in [-0.3, -0.25) is 9.59 Å². The molecule has 1 aliphatic carbocycles. The van der Waals surface area contributed by atoms with Gasteiger partial charge in [0, 0.05) is 54.5 Å². The molecule has 1 fully saturated rings. The van der Waals surface area contributed by atoms with Crippen LogP contribution in [0, 0.1) is 6.92 Å². The molecule has 38 heavy (non-hydrogen) atoms. The fourth-order valence-electron chi connectivity index (χ4n) is 4.88. The first-order chi connectivity index (χ1) is 18.1. The van der Waals surface area contributed by atoms with E-state index in [1.54, 1.807) is 18.0 Å². The molecular formula is C28H31F3N4O3. The van der Waals surface area contributed by atoms with Crippen LogP contribution in [-0.2, 0) is 22.7 Å². The number of amides is 1. The first-order valence-electron chi connectivity index (χ1n) is 12.5. The number of halogens is 3. The lowest BCUT2D eigenvalue weighted by atomic mass is 9.98. The molecule has 10 heteroatoms. The van der Waals surface area contributed by atoms with Crippen molar-refractivity contribution >= 4 is 35.1 Å². The van der Waals surface area contributed by atoms with Gasteiger partial charge in [-0.2, -0.15) is 13.2 Å². The number of aryl methyl sites for hydroxylation is 1. The standard InChI is InChI=1S/C26H30N4O2.C2HF3O/c1-18-21-7-3-4-8-22(21)32-23(18)16-30(2)24(31)10-9-19-13-20-15-29-26(11-5-6-12-26)17-28-25(20)27-14-19;3-2(4,5)1-6/h3-4,7-10,13-14,29H,5-6,11-12,15-17H2,1-2H3,(H,27,28);1H/b10-9+;. The van der Waals surface area contributed by atoms with Gasteiger partial charge in [-0.15, -0.1) is 0 Å². The Bertz CT molecular complexity index is 1330. The predicted molar refractivity (Wildman–Crippen MR) is 139 cm³/mol. The topological polar surface area (TPSA) is 87.5 Å². The summed E-state index contributed by atoms with van der Waals surface area (Å²) in [6.45, 7) is 4.19. The monoisotopic (exact) mass is 528 g/mol. The van der Waals surface area contributed by atoms with Crippen LogP contribution in [0.3, 0.4) is 0 Å². The van der Waals surface area contributed by atoms with Crippen molar-refractivity contribution in [3.63, 3.8) is 0 Å². The van der Waals surface area contributed by atoms with Gasteiger partial charge in [-0.25, -0.2) is 4.98 Å². The smallest absolute Gasteiger partial charge is 0.446 e. The van der Waals surface area contributed by atoms with Crippen LogP contribution in [0.25, 0.3) is 17.0 Å². The van der Waals surface area contributed by atoms with E-state index in [1.165, 1.54) is 25.7 Å². The Labute approximate surface area is 219 Å². The zero-order valence-electron chi connectivity index (χ0n) is 21.4. The summed E-state index contributed by atoms with van der Waals surface area (Å²) in [5, 5.41) is 8.38. The van der Waals surface area contributed by atoms with Gasteiger partial charge in [0.2, 0.25) is 12.2 Å². The number of nitrogens with zero attached hydrogens (tertiary/aromatic N) is 2. The summed E-state index contributed by atoms with van der Waals surface area (Å²) in [7, 11) is 1.80. The van der Waals surface area contributed by atoms with E-state index in [0.29, 0.717) is 6.54 Å². The normalized spacial score (nSPS) is 16.4. The molecule has 1 spiro atoms. The average molecular weight is 529 g/mol. The van der Waals surface area contributed by atoms with Crippen LogP contribution in [0.1, 0.15) is 48.1 Å². The molecule has 0 radical (unpaired) electrons. The summed E-state index contributed by atoms with van der Waals surface area (Å²) in [6, 6.07) is 10.1. The van der Waals surface area contributed by atoms with Gasteiger partial charge in [0.25, 0.3) is 0 Å². The van der Waals surface area contributed by atoms with Crippen molar-refractivity contribution in [2.75, 3.05) is 18.9 Å². The van der Waals surface area contributed by atoms with Gasteiger partial charge in [0.15, 0.2) is 0 Å². The second-order valence-electron chi connectivity index (χ2n) is 9.80. The maximum atomic E-state index is 12.7. The van der Waals surface area contributed by atoms with Crippen molar-refractivity contribution < 1.29 is 27.2 Å². The number of aromatic nitrogens is 1. The van der Waals surface area contributed by atoms with Crippen LogP contribution in [0.15, 0.2) is 47.0 Å². The molecule has 0 saturated heterocycles. The average Bonchev–Trinajstić information content (AvgIpc) is 3.44. The molecule has 1 aliphatic heterocycles. The zero-order chi connectivity index (χ0) is 27.3. The number of pyridine rings is 1. The van der Waals surface area contributed by atoms with E-state index in [9.17, 15) is 18.0 Å². The second-order valence-corrected chi connectivity index (χ2v) is 9.80. The molecule has 2 N–H and O–H groups in total. The number of benzene rings is 1. The number of carbonyl (C=O) groups is 2. The van der Waals surface area contributed by atoms with Crippen LogP contribution >= 0.6 is 0 Å².